The molecule has 92 valence electrons. The summed E-state index contributed by atoms with van der Waals surface area (Å²) in [4.78, 5) is 0. The van der Waals surface area contributed by atoms with Crippen molar-refractivity contribution < 1.29 is 0 Å². The summed E-state index contributed by atoms with van der Waals surface area (Å²) in [5.41, 5.74) is 0. The highest BCUT2D eigenvalue weighted by Gasteiger charge is 2.12. The van der Waals surface area contributed by atoms with Gasteiger partial charge in [0, 0.05) is 6.04 Å². The maximum atomic E-state index is 3.72. The van der Waals surface area contributed by atoms with E-state index in [1.54, 1.807) is 0 Å². The molecule has 15 heavy (non-hydrogen) atoms. The Kier molecular flexibility index (Phi) is 8.13. The van der Waals surface area contributed by atoms with Crippen molar-refractivity contribution in [2.24, 2.45) is 17.8 Å². The van der Waals surface area contributed by atoms with Crippen molar-refractivity contribution >= 4 is 0 Å². The molecule has 0 heterocycles. The Bertz CT molecular complexity index is 142. The molecule has 0 rings (SSSR count). The molecule has 0 aromatic carbocycles. The zero-order valence-corrected chi connectivity index (χ0v) is 11.6. The fraction of sp³-hybridized carbons (Fsp3) is 1.00. The van der Waals surface area contributed by atoms with Crippen molar-refractivity contribution in [2.45, 2.75) is 66.8 Å². The van der Waals surface area contributed by atoms with Crippen LogP contribution >= 0.6 is 0 Å². The molecular formula is C14H31N. The summed E-state index contributed by atoms with van der Waals surface area (Å²) in [6.07, 6.45) is 3.89. The van der Waals surface area contributed by atoms with Gasteiger partial charge in [0.05, 0.1) is 0 Å². The van der Waals surface area contributed by atoms with Gasteiger partial charge >= 0.3 is 0 Å². The molecule has 1 nitrogen and oxygen atoms in total. The summed E-state index contributed by atoms with van der Waals surface area (Å²) >= 11 is 0. The van der Waals surface area contributed by atoms with Crippen molar-refractivity contribution in [3.05, 3.63) is 0 Å². The van der Waals surface area contributed by atoms with Gasteiger partial charge in [0.1, 0.15) is 0 Å². The third-order valence-electron chi connectivity index (χ3n) is 3.74. The fourth-order valence-electron chi connectivity index (χ4n) is 1.63. The molecule has 0 saturated carbocycles. The first kappa shape index (κ1) is 15.0. The minimum Gasteiger partial charge on any atom is -0.314 e. The Morgan fingerprint density at radius 1 is 0.933 bits per heavy atom. The Balaban J connectivity index is 3.79. The van der Waals surface area contributed by atoms with E-state index in [0.717, 1.165) is 23.8 Å². The van der Waals surface area contributed by atoms with Crippen molar-refractivity contribution in [2.75, 3.05) is 6.54 Å². The summed E-state index contributed by atoms with van der Waals surface area (Å²) < 4.78 is 0. The lowest BCUT2D eigenvalue weighted by atomic mass is 9.95. The average molecular weight is 213 g/mol. The van der Waals surface area contributed by atoms with Crippen LogP contribution in [0.4, 0.5) is 0 Å². The van der Waals surface area contributed by atoms with E-state index in [9.17, 15) is 0 Å². The van der Waals surface area contributed by atoms with E-state index in [0.29, 0.717) is 0 Å². The first-order valence-corrected chi connectivity index (χ1v) is 6.74. The highest BCUT2D eigenvalue weighted by atomic mass is 14.9. The van der Waals surface area contributed by atoms with E-state index in [2.05, 4.69) is 46.9 Å². The van der Waals surface area contributed by atoms with Crippen LogP contribution in [-0.2, 0) is 0 Å². The van der Waals surface area contributed by atoms with Crippen molar-refractivity contribution in [3.63, 3.8) is 0 Å². The summed E-state index contributed by atoms with van der Waals surface area (Å²) in [6, 6.07) is 0.723. The molecule has 0 aromatic rings. The smallest absolute Gasteiger partial charge is 0.00670 e. The van der Waals surface area contributed by atoms with Crippen LogP contribution in [0.15, 0.2) is 0 Å². The van der Waals surface area contributed by atoms with Gasteiger partial charge in [-0.15, -0.1) is 0 Å². The molecule has 3 unspecified atom stereocenters. The fourth-order valence-corrected chi connectivity index (χ4v) is 1.63. The lowest BCUT2D eigenvalue weighted by Crippen LogP contribution is -2.34. The van der Waals surface area contributed by atoms with Gasteiger partial charge in [-0.3, -0.25) is 0 Å². The van der Waals surface area contributed by atoms with E-state index in [1.807, 2.05) is 0 Å². The number of hydrogen-bond donors (Lipinski definition) is 1. The quantitative estimate of drug-likeness (QED) is 0.640. The van der Waals surface area contributed by atoms with E-state index in [4.69, 9.17) is 0 Å². The van der Waals surface area contributed by atoms with Crippen LogP contribution < -0.4 is 5.32 Å². The highest BCUT2D eigenvalue weighted by molar-refractivity contribution is 4.70. The number of rotatable bonds is 8. The van der Waals surface area contributed by atoms with Gasteiger partial charge in [-0.2, -0.15) is 0 Å². The van der Waals surface area contributed by atoms with Gasteiger partial charge in [0.25, 0.3) is 0 Å². The molecule has 0 aliphatic heterocycles. The Labute approximate surface area is 97.0 Å². The van der Waals surface area contributed by atoms with Gasteiger partial charge < -0.3 is 5.32 Å². The molecule has 0 aliphatic rings. The van der Waals surface area contributed by atoms with Gasteiger partial charge in [-0.1, -0.05) is 48.0 Å². The zero-order valence-electron chi connectivity index (χ0n) is 11.6. The molecule has 0 amide bonds. The van der Waals surface area contributed by atoms with E-state index in [-0.39, 0.29) is 0 Å². The van der Waals surface area contributed by atoms with Crippen molar-refractivity contribution in [3.8, 4) is 0 Å². The topological polar surface area (TPSA) is 12.0 Å². The molecule has 0 aliphatic carbocycles. The molecule has 0 fully saturated rings. The molecule has 3 atom stereocenters. The Morgan fingerprint density at radius 2 is 1.53 bits per heavy atom. The van der Waals surface area contributed by atoms with Crippen LogP contribution in [0.2, 0.25) is 0 Å². The molecule has 0 radical (unpaired) electrons. The molecular weight excluding hydrogens is 182 g/mol. The maximum Gasteiger partial charge on any atom is 0.00670 e. The number of nitrogens with one attached hydrogen (secondary N) is 1. The highest BCUT2D eigenvalue weighted by Crippen LogP contribution is 2.13. The minimum atomic E-state index is 0.723. The zero-order chi connectivity index (χ0) is 11.8. The van der Waals surface area contributed by atoms with Gasteiger partial charge in [0.15, 0.2) is 0 Å². The van der Waals surface area contributed by atoms with Crippen LogP contribution in [0, 0.1) is 17.8 Å². The van der Waals surface area contributed by atoms with Gasteiger partial charge in [-0.25, -0.2) is 0 Å². The lowest BCUT2D eigenvalue weighted by Gasteiger charge is -2.24. The molecule has 1 heteroatoms. The summed E-state index contributed by atoms with van der Waals surface area (Å²) in [5, 5.41) is 3.72. The molecule has 0 bridgehead atoms. The largest absolute Gasteiger partial charge is 0.314 e. The van der Waals surface area contributed by atoms with Crippen molar-refractivity contribution in [1.29, 1.82) is 0 Å². The van der Waals surface area contributed by atoms with Crippen LogP contribution in [0.3, 0.4) is 0 Å². The number of hydrogen-bond acceptors (Lipinski definition) is 1. The Hall–Kier alpha value is -0.0400. The standard InChI is InChI=1S/C14H31N/c1-7-12(5)9-14(8-2)15-10-13(6)11(3)4/h11-15H,7-10H2,1-6H3. The van der Waals surface area contributed by atoms with Crippen LogP contribution in [0.1, 0.15) is 60.8 Å². The third kappa shape index (κ3) is 6.94. The van der Waals surface area contributed by atoms with Crippen LogP contribution in [0.5, 0.6) is 0 Å². The van der Waals surface area contributed by atoms with Crippen LogP contribution in [0.25, 0.3) is 0 Å². The second-order valence-electron chi connectivity index (χ2n) is 5.48. The normalized spacial score (nSPS) is 17.8. The second kappa shape index (κ2) is 8.15. The van der Waals surface area contributed by atoms with E-state index in [1.165, 1.54) is 25.8 Å². The Morgan fingerprint density at radius 3 is 1.93 bits per heavy atom. The lowest BCUT2D eigenvalue weighted by molar-refractivity contribution is 0.330. The minimum absolute atomic E-state index is 0.723. The molecule has 0 spiro atoms. The molecule has 0 saturated heterocycles. The van der Waals surface area contributed by atoms with Crippen molar-refractivity contribution in [1.82, 2.24) is 5.32 Å². The van der Waals surface area contributed by atoms with Crippen LogP contribution in [-0.4, -0.2) is 12.6 Å². The predicted molar refractivity (Wildman–Crippen MR) is 70.2 cm³/mol. The van der Waals surface area contributed by atoms with E-state index < -0.39 is 0 Å². The third-order valence-corrected chi connectivity index (χ3v) is 3.74. The molecule has 0 aromatic heterocycles. The molecule has 1 N–H and O–H groups in total. The van der Waals surface area contributed by atoms with E-state index >= 15 is 0 Å². The second-order valence-corrected chi connectivity index (χ2v) is 5.48. The first-order chi connectivity index (χ1) is 7.01. The SMILES string of the molecule is CCC(C)CC(CC)NCC(C)C(C)C. The summed E-state index contributed by atoms with van der Waals surface area (Å²) in [6.45, 7) is 15.1. The predicted octanol–water partition coefficient (Wildman–Crippen LogP) is 4.08. The summed E-state index contributed by atoms with van der Waals surface area (Å²) in [5.74, 6) is 2.44. The summed E-state index contributed by atoms with van der Waals surface area (Å²) in [7, 11) is 0. The van der Waals surface area contributed by atoms with Gasteiger partial charge in [-0.05, 0) is 37.1 Å². The maximum absolute atomic E-state index is 3.72. The monoisotopic (exact) mass is 213 g/mol. The van der Waals surface area contributed by atoms with Gasteiger partial charge in [0.2, 0.25) is 0 Å². The first-order valence-electron chi connectivity index (χ1n) is 6.74. The average Bonchev–Trinajstić information content (AvgIpc) is 2.22.